The molecule has 0 aromatic heterocycles. The normalized spacial score (nSPS) is 11.4. The van der Waals surface area contributed by atoms with E-state index in [-0.39, 0.29) is 4.92 Å². The van der Waals surface area contributed by atoms with Crippen LogP contribution in [0.25, 0.3) is 0 Å². The van der Waals surface area contributed by atoms with Crippen molar-refractivity contribution in [3.05, 3.63) is 17.0 Å². The first kappa shape index (κ1) is 7.40. The summed E-state index contributed by atoms with van der Waals surface area (Å²) in [6.45, 7) is 6.64. The van der Waals surface area contributed by atoms with Crippen molar-refractivity contribution in [1.82, 2.24) is 0 Å². The molecule has 3 heteroatoms. The Bertz CT molecular complexity index is 98.6. The van der Waals surface area contributed by atoms with Crippen LogP contribution >= 0.6 is 0 Å². The highest BCUT2D eigenvalue weighted by Crippen LogP contribution is 2.09. The van der Waals surface area contributed by atoms with Gasteiger partial charge in [0.15, 0.2) is 0 Å². The zero-order valence-electron chi connectivity index (χ0n) is 5.18. The Labute approximate surface area is 48.9 Å². The predicted molar refractivity (Wildman–Crippen MR) is 31.0 cm³/mol. The van der Waals surface area contributed by atoms with Gasteiger partial charge >= 0.3 is 0 Å². The summed E-state index contributed by atoms with van der Waals surface area (Å²) in [7, 11) is 0. The second-order valence-electron chi connectivity index (χ2n) is 2.11. The molecule has 0 fully saturated rings. The molecule has 0 heterocycles. The SMILES string of the molecule is [CH2]C(C)(CC)[N+](=O)[O-]. The minimum atomic E-state index is -0.986. The van der Waals surface area contributed by atoms with E-state index in [9.17, 15) is 10.1 Å². The minimum Gasteiger partial charge on any atom is -0.264 e. The summed E-state index contributed by atoms with van der Waals surface area (Å²) in [5.74, 6) is 0. The van der Waals surface area contributed by atoms with Crippen LogP contribution in [0.3, 0.4) is 0 Å². The Morgan fingerprint density at radius 3 is 2.25 bits per heavy atom. The van der Waals surface area contributed by atoms with Gasteiger partial charge < -0.3 is 0 Å². The zero-order chi connectivity index (χ0) is 6.78. The lowest BCUT2D eigenvalue weighted by atomic mass is 10.0. The molecule has 0 aliphatic carbocycles. The maximum atomic E-state index is 10.00. The van der Waals surface area contributed by atoms with Crippen LogP contribution in [0.1, 0.15) is 20.3 Å². The van der Waals surface area contributed by atoms with Gasteiger partial charge in [0.05, 0.1) is 0 Å². The van der Waals surface area contributed by atoms with Crippen LogP contribution in [-0.4, -0.2) is 10.5 Å². The Morgan fingerprint density at radius 2 is 2.25 bits per heavy atom. The maximum Gasteiger partial charge on any atom is 0.219 e. The van der Waals surface area contributed by atoms with Crippen LogP contribution in [0.5, 0.6) is 0 Å². The van der Waals surface area contributed by atoms with Crippen LogP contribution in [0.2, 0.25) is 0 Å². The molecule has 0 N–H and O–H groups in total. The van der Waals surface area contributed by atoms with Crippen LogP contribution < -0.4 is 0 Å². The third kappa shape index (κ3) is 1.48. The molecule has 8 heavy (non-hydrogen) atoms. The quantitative estimate of drug-likeness (QED) is 0.402. The van der Waals surface area contributed by atoms with Gasteiger partial charge in [0.1, 0.15) is 0 Å². The summed E-state index contributed by atoms with van der Waals surface area (Å²) in [6, 6.07) is 0. The second kappa shape index (κ2) is 2.11. The molecular formula is C5H10NO2. The molecule has 1 radical (unpaired) electrons. The first-order valence-corrected chi connectivity index (χ1v) is 2.50. The van der Waals surface area contributed by atoms with Crippen LogP contribution in [0.15, 0.2) is 0 Å². The summed E-state index contributed by atoms with van der Waals surface area (Å²) in [5, 5.41) is 10.00. The van der Waals surface area contributed by atoms with Gasteiger partial charge in [0, 0.05) is 25.2 Å². The Balaban J connectivity index is 3.91. The average Bonchev–Trinajstić information content (AvgIpc) is 1.67. The fourth-order valence-corrected chi connectivity index (χ4v) is 0.129. The van der Waals surface area contributed by atoms with Crippen molar-refractivity contribution in [3.8, 4) is 0 Å². The van der Waals surface area contributed by atoms with Gasteiger partial charge in [-0.3, -0.25) is 10.1 Å². The van der Waals surface area contributed by atoms with Crippen molar-refractivity contribution < 1.29 is 4.92 Å². The van der Waals surface area contributed by atoms with E-state index in [2.05, 4.69) is 6.92 Å². The zero-order valence-corrected chi connectivity index (χ0v) is 5.18. The lowest BCUT2D eigenvalue weighted by Gasteiger charge is -2.10. The van der Waals surface area contributed by atoms with Gasteiger partial charge in [-0.15, -0.1) is 0 Å². The van der Waals surface area contributed by atoms with Crippen molar-refractivity contribution in [1.29, 1.82) is 0 Å². The monoisotopic (exact) mass is 116 g/mol. The molecule has 1 unspecified atom stereocenters. The molecule has 0 aliphatic rings. The number of rotatable bonds is 2. The van der Waals surface area contributed by atoms with Gasteiger partial charge in [0.25, 0.3) is 0 Å². The number of hydrogen-bond acceptors (Lipinski definition) is 2. The molecule has 0 aliphatic heterocycles. The van der Waals surface area contributed by atoms with E-state index < -0.39 is 5.54 Å². The van der Waals surface area contributed by atoms with E-state index in [0.29, 0.717) is 6.42 Å². The molecule has 0 bridgehead atoms. The summed E-state index contributed by atoms with van der Waals surface area (Å²) in [6.07, 6.45) is 0.472. The fourth-order valence-electron chi connectivity index (χ4n) is 0.129. The van der Waals surface area contributed by atoms with E-state index in [4.69, 9.17) is 0 Å². The van der Waals surface area contributed by atoms with E-state index in [1.165, 1.54) is 6.92 Å². The average molecular weight is 116 g/mol. The molecule has 0 rings (SSSR count). The summed E-state index contributed by atoms with van der Waals surface area (Å²) >= 11 is 0. The molecule has 3 nitrogen and oxygen atoms in total. The molecule has 0 aromatic rings. The first-order valence-electron chi connectivity index (χ1n) is 2.50. The van der Waals surface area contributed by atoms with Crippen molar-refractivity contribution >= 4 is 0 Å². The van der Waals surface area contributed by atoms with E-state index in [1.54, 1.807) is 6.92 Å². The summed E-state index contributed by atoms with van der Waals surface area (Å²) in [4.78, 5) is 9.63. The van der Waals surface area contributed by atoms with Gasteiger partial charge in [-0.1, -0.05) is 6.92 Å². The van der Waals surface area contributed by atoms with Crippen molar-refractivity contribution in [2.75, 3.05) is 0 Å². The Kier molecular flexibility index (Phi) is 1.95. The lowest BCUT2D eigenvalue weighted by molar-refractivity contribution is -0.552. The first-order chi connectivity index (χ1) is 3.50. The highest BCUT2D eigenvalue weighted by atomic mass is 16.6. The largest absolute Gasteiger partial charge is 0.264 e. The summed E-state index contributed by atoms with van der Waals surface area (Å²) < 4.78 is 0. The van der Waals surface area contributed by atoms with Crippen molar-refractivity contribution in [2.45, 2.75) is 25.8 Å². The number of nitro groups is 1. The van der Waals surface area contributed by atoms with E-state index >= 15 is 0 Å². The smallest absolute Gasteiger partial charge is 0.219 e. The van der Waals surface area contributed by atoms with Gasteiger partial charge in [0.2, 0.25) is 5.54 Å². The van der Waals surface area contributed by atoms with Gasteiger partial charge in [-0.25, -0.2) is 0 Å². The molecule has 0 saturated heterocycles. The topological polar surface area (TPSA) is 43.1 Å². The van der Waals surface area contributed by atoms with Crippen LogP contribution in [0.4, 0.5) is 0 Å². The van der Waals surface area contributed by atoms with Crippen molar-refractivity contribution in [3.63, 3.8) is 0 Å². The molecule has 0 amide bonds. The van der Waals surface area contributed by atoms with Gasteiger partial charge in [-0.2, -0.15) is 0 Å². The fraction of sp³-hybridized carbons (Fsp3) is 0.800. The van der Waals surface area contributed by atoms with E-state index in [1.807, 2.05) is 0 Å². The minimum absolute atomic E-state index is 0.368. The third-order valence-electron chi connectivity index (χ3n) is 1.20. The molecular weight excluding hydrogens is 106 g/mol. The molecule has 1 atom stereocenters. The second-order valence-corrected chi connectivity index (χ2v) is 2.11. The van der Waals surface area contributed by atoms with E-state index in [0.717, 1.165) is 0 Å². The highest BCUT2D eigenvalue weighted by molar-refractivity contribution is 4.72. The van der Waals surface area contributed by atoms with Crippen LogP contribution in [0, 0.1) is 17.0 Å². The summed E-state index contributed by atoms with van der Waals surface area (Å²) in [5.41, 5.74) is -0.986. The molecule has 0 spiro atoms. The lowest BCUT2D eigenvalue weighted by Crippen LogP contribution is -2.29. The van der Waals surface area contributed by atoms with Crippen LogP contribution in [-0.2, 0) is 0 Å². The molecule has 0 aromatic carbocycles. The predicted octanol–water partition coefficient (Wildman–Crippen LogP) is 1.27. The van der Waals surface area contributed by atoms with Crippen molar-refractivity contribution in [2.24, 2.45) is 0 Å². The number of hydrogen-bond donors (Lipinski definition) is 0. The molecule has 47 valence electrons. The highest BCUT2D eigenvalue weighted by Gasteiger charge is 2.27. The van der Waals surface area contributed by atoms with Gasteiger partial charge in [-0.05, 0) is 0 Å². The standard InChI is InChI=1S/C5H10NO2/c1-4-5(2,3)6(7)8/h2,4H2,1,3H3. The Hall–Kier alpha value is -0.600. The maximum absolute atomic E-state index is 10.00. The third-order valence-corrected chi connectivity index (χ3v) is 1.20. The Morgan fingerprint density at radius 1 is 1.88 bits per heavy atom. The molecule has 0 saturated carbocycles. The number of nitrogens with zero attached hydrogens (tertiary/aromatic N) is 1.